The molecule has 1 amide bonds. The molecule has 0 radical (unpaired) electrons. The lowest BCUT2D eigenvalue weighted by atomic mass is 10.1. The predicted molar refractivity (Wildman–Crippen MR) is 270 cm³/mol. The molecule has 6 aromatic rings. The number of hydrogen-bond donors (Lipinski definition) is 18. The van der Waals surface area contributed by atoms with Crippen LogP contribution in [0.3, 0.4) is 0 Å². The van der Waals surface area contributed by atoms with Crippen molar-refractivity contribution in [3.05, 3.63) is 78.9 Å². The standard InChI is InChI=1S/C40H40N8O24S5/c49-7-9-71-30-17-27(31(72-10-8-50)16-26(30)42-44-28-13-21(74(59,60)61)11-18-12-22(75(62,63)64)14-29(51)33(18)28)43-45-34-32(76(65,66)67)15-24-23(37(34)52)5-6-25(38(24)77(68,69)70)41-46-35-36(40(54)55)47-48(39(35)53)19-1-3-20(4-2-19)73(56,57)58/h1-6,11-17,35,41-46,49-52,68-70H,7-10H2,(H,54,55)(H,56,57,58)(H,59,60,61)(H,62,63,64)(H,65,66,67). The molecule has 0 aromatic heterocycles. The lowest BCUT2D eigenvalue weighted by Crippen LogP contribution is -2.48. The van der Waals surface area contributed by atoms with Crippen LogP contribution in [-0.2, 0) is 50.1 Å². The number of nitrogens with one attached hydrogen (secondary N) is 6. The number of phenolic OH excluding ortho intramolecular Hbond substituents is 2. The fourth-order valence-electron chi connectivity index (χ4n) is 7.37. The maximum atomic E-state index is 13.5. The SMILES string of the molecule is O=C(O)C1=NN(c2ccc(S(=O)(=O)O)cc2)C(=O)C1NNc1ccc2c(O)c(NNc3cc(OCCO)c(NNc4cc(S(=O)(=O)O)cc5cc(S(=O)(=O)O)cc(O)c45)cc3OCCO)c(S(=O)(=O)O)cc2c1S(O)(O)O. The topological polar surface area (TPSA) is 520 Å². The molecule has 77 heavy (non-hydrogen) atoms. The predicted octanol–water partition coefficient (Wildman–Crippen LogP) is 2.37. The van der Waals surface area contributed by atoms with Crippen LogP contribution in [0.15, 0.2) is 108 Å². The summed E-state index contributed by atoms with van der Waals surface area (Å²) in [7, 11) is -25.2. The van der Waals surface area contributed by atoms with Gasteiger partial charge in [0.25, 0.3) is 46.4 Å². The molecule has 1 aliphatic heterocycles. The third kappa shape index (κ3) is 12.3. The van der Waals surface area contributed by atoms with Gasteiger partial charge in [0.15, 0.2) is 11.8 Å². The number of fused-ring (bicyclic) bond motifs is 2. The van der Waals surface area contributed by atoms with E-state index in [1.165, 1.54) is 0 Å². The van der Waals surface area contributed by atoms with E-state index in [0.717, 1.165) is 66.7 Å². The number of hydrogen-bond acceptors (Lipinski definition) is 26. The molecule has 414 valence electrons. The van der Waals surface area contributed by atoms with E-state index < -0.39 is 160 Å². The molecule has 0 aliphatic carbocycles. The van der Waals surface area contributed by atoms with Crippen molar-refractivity contribution in [1.29, 1.82) is 0 Å². The summed E-state index contributed by atoms with van der Waals surface area (Å²) >= 11 is 0. The molecule has 0 bridgehead atoms. The van der Waals surface area contributed by atoms with Crippen molar-refractivity contribution in [2.45, 2.75) is 30.5 Å². The summed E-state index contributed by atoms with van der Waals surface area (Å²) in [6.45, 7) is -2.11. The number of benzene rings is 6. The summed E-state index contributed by atoms with van der Waals surface area (Å²) in [6, 6.07) is 9.63. The number of ether oxygens (including phenoxy) is 2. The van der Waals surface area contributed by atoms with Gasteiger partial charge >= 0.3 is 5.97 Å². The van der Waals surface area contributed by atoms with E-state index in [4.69, 9.17) is 9.47 Å². The van der Waals surface area contributed by atoms with Crippen molar-refractivity contribution in [1.82, 2.24) is 5.43 Å². The number of aliphatic carboxylic acids is 1. The Kier molecular flexibility index (Phi) is 15.9. The molecule has 7 rings (SSSR count). The number of amides is 1. The van der Waals surface area contributed by atoms with Gasteiger partial charge in [0, 0.05) is 34.4 Å². The number of carboxylic acid groups (broad SMARTS) is 1. The van der Waals surface area contributed by atoms with E-state index in [1.54, 1.807) is 0 Å². The maximum absolute atomic E-state index is 13.5. The normalized spacial score (nSPS) is 14.6. The first-order valence-corrected chi connectivity index (χ1v) is 28.1. The molecule has 1 atom stereocenters. The zero-order valence-electron chi connectivity index (χ0n) is 38.1. The fraction of sp³-hybridized carbons (Fsp3) is 0.125. The third-order valence-corrected chi connectivity index (χ3v) is 15.0. The number of aliphatic hydroxyl groups is 2. The molecular formula is C40H40N8O24S5. The van der Waals surface area contributed by atoms with Gasteiger partial charge in [-0.2, -0.15) is 43.8 Å². The van der Waals surface area contributed by atoms with Crippen molar-refractivity contribution in [2.24, 2.45) is 5.10 Å². The number of hydrazone groups is 1. The lowest BCUT2D eigenvalue weighted by molar-refractivity contribution is -0.130. The van der Waals surface area contributed by atoms with E-state index in [-0.39, 0.29) is 45.0 Å². The van der Waals surface area contributed by atoms with E-state index >= 15 is 0 Å². The van der Waals surface area contributed by atoms with Crippen LogP contribution in [0.25, 0.3) is 21.5 Å². The molecule has 0 spiro atoms. The van der Waals surface area contributed by atoms with Crippen molar-refractivity contribution < 1.29 is 110 Å². The van der Waals surface area contributed by atoms with Gasteiger partial charge in [0.05, 0.1) is 61.2 Å². The smallest absolute Gasteiger partial charge is 0.354 e. The highest BCUT2D eigenvalue weighted by Gasteiger charge is 2.41. The van der Waals surface area contributed by atoms with Crippen LogP contribution in [0.5, 0.6) is 23.0 Å². The molecule has 0 saturated heterocycles. The molecule has 32 nitrogen and oxygen atoms in total. The van der Waals surface area contributed by atoms with Gasteiger partial charge in [-0.05, 0) is 66.0 Å². The molecule has 37 heteroatoms. The van der Waals surface area contributed by atoms with Gasteiger partial charge in [0.2, 0.25) is 0 Å². The highest BCUT2D eigenvalue weighted by molar-refractivity contribution is 8.19. The number of carboxylic acids is 1. The van der Waals surface area contributed by atoms with Crippen LogP contribution in [0, 0.1) is 0 Å². The number of nitrogens with zero attached hydrogens (tertiary/aromatic N) is 2. The Bertz CT molecular complexity index is 3880. The zero-order valence-corrected chi connectivity index (χ0v) is 42.2. The number of anilines is 6. The number of carbonyl (C=O) groups excluding carboxylic acids is 1. The number of phenols is 2. The molecule has 1 heterocycles. The second kappa shape index (κ2) is 21.4. The van der Waals surface area contributed by atoms with Crippen LogP contribution < -0.4 is 47.0 Å². The van der Waals surface area contributed by atoms with Crippen LogP contribution in [0.1, 0.15) is 0 Å². The first-order valence-electron chi connectivity index (χ1n) is 20.8. The van der Waals surface area contributed by atoms with Gasteiger partial charge < -0.3 is 54.1 Å². The molecule has 18 N–H and O–H groups in total. The molecule has 0 fully saturated rings. The maximum Gasteiger partial charge on any atom is 0.354 e. The minimum absolute atomic E-state index is 0.160. The van der Waals surface area contributed by atoms with Gasteiger partial charge in [-0.3, -0.25) is 44.7 Å². The van der Waals surface area contributed by atoms with Crippen LogP contribution in [0.2, 0.25) is 0 Å². The molecule has 0 saturated carbocycles. The number of aromatic hydroxyl groups is 2. The lowest BCUT2D eigenvalue weighted by Gasteiger charge is -2.27. The monoisotopic (exact) mass is 1180 g/mol. The number of hydrazine groups is 3. The fourth-order valence-corrected chi connectivity index (χ4v) is 10.5. The summed E-state index contributed by atoms with van der Waals surface area (Å²) in [4.78, 5) is 21.2. The van der Waals surface area contributed by atoms with Crippen LogP contribution >= 0.6 is 10.9 Å². The highest BCUT2D eigenvalue weighted by atomic mass is 32.3. The average Bonchev–Trinajstić information content (AvgIpc) is 3.67. The van der Waals surface area contributed by atoms with Crippen LogP contribution in [0.4, 0.5) is 34.1 Å². The van der Waals surface area contributed by atoms with Gasteiger partial charge in [-0.25, -0.2) is 10.2 Å². The Morgan fingerprint density at radius 3 is 1.64 bits per heavy atom. The highest BCUT2D eigenvalue weighted by Crippen LogP contribution is 2.54. The second-order valence-corrected chi connectivity index (χ2v) is 22.8. The van der Waals surface area contributed by atoms with Gasteiger partial charge in [-0.1, -0.05) is 0 Å². The summed E-state index contributed by atoms with van der Waals surface area (Å²) in [5, 5.41) is 54.1. The first kappa shape index (κ1) is 57.1. The van der Waals surface area contributed by atoms with Crippen LogP contribution in [-0.4, -0.2) is 141 Å². The summed E-state index contributed by atoms with van der Waals surface area (Å²) in [5.41, 5.74) is 11.4. The Hall–Kier alpha value is -7.60. The Morgan fingerprint density at radius 2 is 1.13 bits per heavy atom. The first-order chi connectivity index (χ1) is 35.8. The number of aliphatic hydroxyl groups excluding tert-OH is 2. The quantitative estimate of drug-likeness (QED) is 0.0263. The molecular weight excluding hydrogens is 1140 g/mol. The summed E-state index contributed by atoms with van der Waals surface area (Å²) in [5.74, 6) is -5.29. The van der Waals surface area contributed by atoms with Crippen molar-refractivity contribution in [3.63, 3.8) is 0 Å². The van der Waals surface area contributed by atoms with Crippen molar-refractivity contribution >= 4 is 125 Å². The summed E-state index contributed by atoms with van der Waals surface area (Å²) in [6.07, 6.45) is 0. The van der Waals surface area contributed by atoms with Gasteiger partial charge in [0.1, 0.15) is 57.7 Å². The molecule has 6 aromatic carbocycles. The van der Waals surface area contributed by atoms with E-state index in [9.17, 15) is 101 Å². The van der Waals surface area contributed by atoms with E-state index in [1.807, 2.05) is 0 Å². The average molecular weight is 1180 g/mol. The minimum atomic E-state index is -5.51. The summed E-state index contributed by atoms with van der Waals surface area (Å²) < 4.78 is 180. The minimum Gasteiger partial charge on any atom is -0.507 e. The molecule has 1 aliphatic rings. The van der Waals surface area contributed by atoms with Gasteiger partial charge in [-0.15, -0.1) is 0 Å². The van der Waals surface area contributed by atoms with E-state index in [2.05, 4.69) is 37.7 Å². The Labute approximate surface area is 434 Å². The van der Waals surface area contributed by atoms with Crippen molar-refractivity contribution in [3.8, 4) is 23.0 Å². The Morgan fingerprint density at radius 1 is 0.597 bits per heavy atom. The van der Waals surface area contributed by atoms with Crippen molar-refractivity contribution in [2.75, 3.05) is 58.6 Å². The zero-order chi connectivity index (χ0) is 56.7. The Balaban J connectivity index is 1.24. The van der Waals surface area contributed by atoms with E-state index in [0.29, 0.717) is 17.1 Å². The largest absolute Gasteiger partial charge is 0.507 e. The second-order valence-electron chi connectivity index (χ2n) is 15.7. The third-order valence-electron chi connectivity index (χ3n) is 10.7. The number of carbonyl (C=O) groups is 2. The molecule has 1 unspecified atom stereocenters. The number of rotatable bonds is 22.